The number of hydrogen-bond donors (Lipinski definition) is 1. The van der Waals surface area contributed by atoms with E-state index < -0.39 is 17.8 Å². The largest absolute Gasteiger partial charge is 0.449 e. The number of amides is 2. The lowest BCUT2D eigenvalue weighted by molar-refractivity contribution is 0.0566. The number of unbranched alkanes of at least 4 members (excludes halogenated alkanes) is 1. The van der Waals surface area contributed by atoms with Gasteiger partial charge in [-0.1, -0.05) is 43.7 Å². The molecule has 0 atom stereocenters. The molecule has 10 heteroatoms. The predicted molar refractivity (Wildman–Crippen MR) is 130 cm³/mol. The summed E-state index contributed by atoms with van der Waals surface area (Å²) < 4.78 is 11.3. The van der Waals surface area contributed by atoms with Crippen molar-refractivity contribution in [3.63, 3.8) is 0 Å². The number of hydrazine groups is 1. The van der Waals surface area contributed by atoms with E-state index in [0.29, 0.717) is 17.6 Å². The van der Waals surface area contributed by atoms with Gasteiger partial charge in [-0.25, -0.2) is 25.0 Å². The number of rotatable bonds is 6. The smallest absolute Gasteiger partial charge is 0.425 e. The molecule has 33 heavy (non-hydrogen) atoms. The Balaban J connectivity index is 2.05. The first-order valence-electron chi connectivity index (χ1n) is 10.7. The van der Waals surface area contributed by atoms with E-state index in [1.165, 1.54) is 6.20 Å². The molecule has 0 saturated heterocycles. The number of halogens is 1. The summed E-state index contributed by atoms with van der Waals surface area (Å²) >= 11 is 3.34. The van der Waals surface area contributed by atoms with Gasteiger partial charge < -0.3 is 9.47 Å². The van der Waals surface area contributed by atoms with Gasteiger partial charge in [-0.3, -0.25) is 5.01 Å². The SMILES string of the molecule is CCCCOC(=O)N(C(=O)OC(C)(C)C)c1ncc(Br)nc1N1NCC=C1c1ccccc1. The fourth-order valence-electron chi connectivity index (χ4n) is 3.04. The highest BCUT2D eigenvalue weighted by molar-refractivity contribution is 9.10. The minimum absolute atomic E-state index is 0.00909. The molecule has 0 unspecified atom stereocenters. The van der Waals surface area contributed by atoms with Crippen molar-refractivity contribution in [1.82, 2.24) is 15.4 Å². The van der Waals surface area contributed by atoms with E-state index in [1.54, 1.807) is 25.8 Å². The minimum atomic E-state index is -0.897. The molecule has 0 bridgehead atoms. The molecule has 2 heterocycles. The van der Waals surface area contributed by atoms with Gasteiger partial charge in [-0.2, -0.15) is 4.90 Å². The Hall–Kier alpha value is -2.98. The summed E-state index contributed by atoms with van der Waals surface area (Å²) in [6.07, 6.45) is 3.13. The highest BCUT2D eigenvalue weighted by Gasteiger charge is 2.36. The second-order valence-corrected chi connectivity index (χ2v) is 9.09. The topological polar surface area (TPSA) is 96.9 Å². The van der Waals surface area contributed by atoms with Crippen LogP contribution in [0.4, 0.5) is 21.2 Å². The van der Waals surface area contributed by atoms with Crippen molar-refractivity contribution in [1.29, 1.82) is 0 Å². The maximum absolute atomic E-state index is 13.1. The fourth-order valence-corrected chi connectivity index (χ4v) is 3.31. The number of aromatic nitrogens is 2. The van der Waals surface area contributed by atoms with Gasteiger partial charge in [-0.15, -0.1) is 0 Å². The Kier molecular flexibility index (Phi) is 8.04. The quantitative estimate of drug-likeness (QED) is 0.516. The maximum atomic E-state index is 13.1. The van der Waals surface area contributed by atoms with Gasteiger partial charge in [-0.05, 0) is 54.8 Å². The number of hydrogen-bond acceptors (Lipinski definition) is 8. The van der Waals surface area contributed by atoms with Crippen LogP contribution in [0.5, 0.6) is 0 Å². The first-order valence-corrected chi connectivity index (χ1v) is 11.5. The second kappa shape index (κ2) is 10.8. The second-order valence-electron chi connectivity index (χ2n) is 8.28. The Bertz CT molecular complexity index is 1020. The number of carbonyl (C=O) groups is 2. The van der Waals surface area contributed by atoms with Crippen LogP contribution in [0, 0.1) is 0 Å². The lowest BCUT2D eigenvalue weighted by Gasteiger charge is -2.28. The predicted octanol–water partition coefficient (Wildman–Crippen LogP) is 5.28. The minimum Gasteiger partial charge on any atom is -0.449 e. The molecule has 0 fully saturated rings. The van der Waals surface area contributed by atoms with Crippen molar-refractivity contribution in [2.45, 2.75) is 46.1 Å². The van der Waals surface area contributed by atoms with Gasteiger partial charge >= 0.3 is 12.2 Å². The molecule has 0 spiro atoms. The van der Waals surface area contributed by atoms with Crippen LogP contribution in [0.2, 0.25) is 0 Å². The van der Waals surface area contributed by atoms with Gasteiger partial charge in [0.05, 0.1) is 18.5 Å². The van der Waals surface area contributed by atoms with Crippen LogP contribution in [-0.4, -0.2) is 40.9 Å². The summed E-state index contributed by atoms with van der Waals surface area (Å²) in [5.41, 5.74) is 4.13. The number of benzene rings is 1. The van der Waals surface area contributed by atoms with Crippen LogP contribution in [0.15, 0.2) is 47.2 Å². The molecule has 1 aromatic heterocycles. The lowest BCUT2D eigenvalue weighted by atomic mass is 10.1. The van der Waals surface area contributed by atoms with Gasteiger partial charge in [0.2, 0.25) is 0 Å². The fraction of sp³-hybridized carbons (Fsp3) is 0.391. The third-order valence-electron chi connectivity index (χ3n) is 4.47. The molecule has 9 nitrogen and oxygen atoms in total. The van der Waals surface area contributed by atoms with Crippen LogP contribution < -0.4 is 15.3 Å². The maximum Gasteiger partial charge on any atom is 0.425 e. The Labute approximate surface area is 201 Å². The van der Waals surface area contributed by atoms with Gasteiger partial charge in [0.15, 0.2) is 11.6 Å². The normalized spacial score (nSPS) is 13.5. The third-order valence-corrected chi connectivity index (χ3v) is 4.85. The van der Waals surface area contributed by atoms with E-state index in [1.807, 2.05) is 43.3 Å². The zero-order chi connectivity index (χ0) is 24.0. The van der Waals surface area contributed by atoms with Crippen molar-refractivity contribution < 1.29 is 19.1 Å². The summed E-state index contributed by atoms with van der Waals surface area (Å²) in [5.74, 6) is 0.237. The van der Waals surface area contributed by atoms with E-state index >= 15 is 0 Å². The average molecular weight is 518 g/mol. The first-order chi connectivity index (χ1) is 15.7. The van der Waals surface area contributed by atoms with E-state index in [9.17, 15) is 9.59 Å². The van der Waals surface area contributed by atoms with Crippen LogP contribution in [0.3, 0.4) is 0 Å². The number of anilines is 2. The van der Waals surface area contributed by atoms with E-state index in [-0.39, 0.29) is 18.2 Å². The Morgan fingerprint density at radius 3 is 2.61 bits per heavy atom. The number of ether oxygens (including phenoxy) is 2. The molecule has 1 aliphatic heterocycles. The molecule has 0 saturated carbocycles. The number of carbonyl (C=O) groups excluding carboxylic acids is 2. The number of imide groups is 1. The van der Waals surface area contributed by atoms with Crippen LogP contribution in [0.1, 0.15) is 46.1 Å². The zero-order valence-corrected chi connectivity index (χ0v) is 20.8. The lowest BCUT2D eigenvalue weighted by Crippen LogP contribution is -2.43. The summed E-state index contributed by atoms with van der Waals surface area (Å²) in [6, 6.07) is 9.71. The van der Waals surface area contributed by atoms with Crippen molar-refractivity contribution in [3.05, 3.63) is 52.8 Å². The first kappa shape index (κ1) is 24.7. The summed E-state index contributed by atoms with van der Waals surface area (Å²) in [6.45, 7) is 7.85. The van der Waals surface area contributed by atoms with Gasteiger partial charge in [0.25, 0.3) is 0 Å². The highest BCUT2D eigenvalue weighted by Crippen LogP contribution is 2.34. The van der Waals surface area contributed by atoms with Crippen molar-refractivity contribution in [3.8, 4) is 0 Å². The van der Waals surface area contributed by atoms with Gasteiger partial charge in [0.1, 0.15) is 10.2 Å². The van der Waals surface area contributed by atoms with Crippen LogP contribution in [-0.2, 0) is 9.47 Å². The Morgan fingerprint density at radius 2 is 1.94 bits per heavy atom. The molecular weight excluding hydrogens is 490 g/mol. The van der Waals surface area contributed by atoms with E-state index in [2.05, 4.69) is 31.3 Å². The summed E-state index contributed by atoms with van der Waals surface area (Å²) in [5, 5.41) is 1.69. The Morgan fingerprint density at radius 1 is 1.21 bits per heavy atom. The molecule has 1 aliphatic rings. The van der Waals surface area contributed by atoms with Crippen molar-refractivity contribution in [2.75, 3.05) is 23.1 Å². The zero-order valence-electron chi connectivity index (χ0n) is 19.2. The molecule has 2 amide bonds. The number of nitrogens with zero attached hydrogens (tertiary/aromatic N) is 4. The number of nitrogens with one attached hydrogen (secondary N) is 1. The van der Waals surface area contributed by atoms with Crippen LogP contribution >= 0.6 is 15.9 Å². The van der Waals surface area contributed by atoms with Crippen molar-refractivity contribution >= 4 is 45.4 Å². The molecule has 1 N–H and O–H groups in total. The summed E-state index contributed by atoms with van der Waals surface area (Å²) in [7, 11) is 0. The van der Waals surface area contributed by atoms with E-state index in [4.69, 9.17) is 9.47 Å². The highest BCUT2D eigenvalue weighted by atomic mass is 79.9. The standard InChI is InChI=1S/C23H28BrN5O4/c1-5-6-14-32-21(30)28(22(31)33-23(2,3)4)19-20(27-18(24)15-25-19)29-17(12-13-26-29)16-10-8-7-9-11-16/h7-12,15,26H,5-6,13-14H2,1-4H3. The van der Waals surface area contributed by atoms with Crippen LogP contribution in [0.25, 0.3) is 5.70 Å². The molecule has 176 valence electrons. The average Bonchev–Trinajstić information content (AvgIpc) is 3.24. The summed E-state index contributed by atoms with van der Waals surface area (Å²) in [4.78, 5) is 35.8. The molecule has 2 aromatic rings. The molecular formula is C23H28BrN5O4. The molecule has 0 aliphatic carbocycles. The third kappa shape index (κ3) is 6.29. The van der Waals surface area contributed by atoms with E-state index in [0.717, 1.165) is 22.6 Å². The monoisotopic (exact) mass is 517 g/mol. The molecule has 3 rings (SSSR count). The van der Waals surface area contributed by atoms with Crippen molar-refractivity contribution in [2.24, 2.45) is 0 Å². The molecule has 0 radical (unpaired) electrons. The molecule has 1 aromatic carbocycles. The van der Waals surface area contributed by atoms with Gasteiger partial charge in [0, 0.05) is 6.54 Å².